The molecule has 1 aromatic heterocycles. The lowest BCUT2D eigenvalue weighted by atomic mass is 10.0. The summed E-state index contributed by atoms with van der Waals surface area (Å²) in [6.45, 7) is 4.17. The predicted molar refractivity (Wildman–Crippen MR) is 47.0 cm³/mol. The van der Waals surface area contributed by atoms with Crippen LogP contribution in [0.4, 0.5) is 5.69 Å². The number of hydrogen-bond acceptors (Lipinski definition) is 2. The smallest absolute Gasteiger partial charge is 0.0495 e. The van der Waals surface area contributed by atoms with E-state index in [4.69, 9.17) is 11.5 Å². The molecule has 5 N–H and O–H groups in total. The van der Waals surface area contributed by atoms with Crippen molar-refractivity contribution in [2.75, 3.05) is 5.73 Å². The van der Waals surface area contributed by atoms with Gasteiger partial charge in [-0.15, -0.1) is 0 Å². The zero-order valence-corrected chi connectivity index (χ0v) is 6.96. The van der Waals surface area contributed by atoms with Gasteiger partial charge in [0, 0.05) is 23.6 Å². The molecular weight excluding hydrogens is 138 g/mol. The van der Waals surface area contributed by atoms with Crippen LogP contribution in [0.25, 0.3) is 0 Å². The summed E-state index contributed by atoms with van der Waals surface area (Å²) in [6.07, 6.45) is 1.76. The molecule has 0 bridgehead atoms. The summed E-state index contributed by atoms with van der Waals surface area (Å²) in [7, 11) is 0. The molecule has 0 saturated carbocycles. The highest BCUT2D eigenvalue weighted by atomic mass is 14.8. The zero-order valence-electron chi connectivity index (χ0n) is 6.96. The van der Waals surface area contributed by atoms with Crippen LogP contribution in [0.5, 0.6) is 0 Å². The van der Waals surface area contributed by atoms with Crippen molar-refractivity contribution >= 4 is 5.69 Å². The van der Waals surface area contributed by atoms with Gasteiger partial charge >= 0.3 is 0 Å². The fraction of sp³-hybridized carbons (Fsp3) is 0.500. The van der Waals surface area contributed by atoms with Gasteiger partial charge in [0.2, 0.25) is 0 Å². The third kappa shape index (κ3) is 1.74. The minimum absolute atomic E-state index is 0.0623. The minimum Gasteiger partial charge on any atom is -0.397 e. The molecular formula is C8H15N3. The summed E-state index contributed by atoms with van der Waals surface area (Å²) in [5.41, 5.74) is 13.2. The van der Waals surface area contributed by atoms with Crippen molar-refractivity contribution in [2.45, 2.75) is 19.9 Å². The van der Waals surface area contributed by atoms with Gasteiger partial charge in [0.25, 0.3) is 0 Å². The molecule has 3 nitrogen and oxygen atoms in total. The molecule has 0 amide bonds. The second-order valence-corrected chi connectivity index (χ2v) is 3.16. The number of aromatic amines is 1. The standard InChI is InChI=1S/C8H15N3/c1-5(2)8(10)7-3-6(9)4-11-7/h3-5,8,11H,9-10H2,1-2H3/t8-/m0/s1. The molecule has 1 rings (SSSR count). The summed E-state index contributed by atoms with van der Waals surface area (Å²) >= 11 is 0. The van der Waals surface area contributed by atoms with Crippen LogP contribution < -0.4 is 11.5 Å². The second kappa shape index (κ2) is 2.96. The van der Waals surface area contributed by atoms with Crippen molar-refractivity contribution in [3.63, 3.8) is 0 Å². The molecule has 3 heteroatoms. The van der Waals surface area contributed by atoms with E-state index in [1.54, 1.807) is 6.20 Å². The Morgan fingerprint density at radius 1 is 1.45 bits per heavy atom. The van der Waals surface area contributed by atoms with Gasteiger partial charge in [0.05, 0.1) is 0 Å². The largest absolute Gasteiger partial charge is 0.397 e. The molecule has 11 heavy (non-hydrogen) atoms. The predicted octanol–water partition coefficient (Wildman–Crippen LogP) is 1.25. The molecule has 0 unspecified atom stereocenters. The third-order valence-corrected chi connectivity index (χ3v) is 1.81. The van der Waals surface area contributed by atoms with Gasteiger partial charge in [-0.05, 0) is 12.0 Å². The fourth-order valence-electron chi connectivity index (χ4n) is 0.981. The number of rotatable bonds is 2. The highest BCUT2D eigenvalue weighted by Crippen LogP contribution is 2.18. The van der Waals surface area contributed by atoms with E-state index >= 15 is 0 Å². The number of anilines is 1. The van der Waals surface area contributed by atoms with Crippen LogP contribution in [0.2, 0.25) is 0 Å². The summed E-state index contributed by atoms with van der Waals surface area (Å²) in [4.78, 5) is 3.04. The van der Waals surface area contributed by atoms with Crippen LogP contribution >= 0.6 is 0 Å². The summed E-state index contributed by atoms with van der Waals surface area (Å²) in [5, 5.41) is 0. The van der Waals surface area contributed by atoms with E-state index in [0.717, 1.165) is 11.4 Å². The molecule has 0 aromatic carbocycles. The molecule has 0 aliphatic heterocycles. The van der Waals surface area contributed by atoms with E-state index < -0.39 is 0 Å². The normalized spacial score (nSPS) is 13.8. The highest BCUT2D eigenvalue weighted by Gasteiger charge is 2.11. The molecule has 1 atom stereocenters. The molecule has 62 valence electrons. The van der Waals surface area contributed by atoms with Crippen LogP contribution in [-0.2, 0) is 0 Å². The van der Waals surface area contributed by atoms with Crippen molar-refractivity contribution in [1.29, 1.82) is 0 Å². The molecule has 0 aliphatic rings. The van der Waals surface area contributed by atoms with Crippen molar-refractivity contribution in [3.8, 4) is 0 Å². The third-order valence-electron chi connectivity index (χ3n) is 1.81. The van der Waals surface area contributed by atoms with E-state index in [1.165, 1.54) is 0 Å². The van der Waals surface area contributed by atoms with Gasteiger partial charge in [0.15, 0.2) is 0 Å². The maximum Gasteiger partial charge on any atom is 0.0495 e. The van der Waals surface area contributed by atoms with E-state index in [9.17, 15) is 0 Å². The van der Waals surface area contributed by atoms with Crippen LogP contribution in [0.1, 0.15) is 25.6 Å². The Bertz CT molecular complexity index is 227. The van der Waals surface area contributed by atoms with Gasteiger partial charge in [-0.3, -0.25) is 0 Å². The quantitative estimate of drug-likeness (QED) is 0.598. The van der Waals surface area contributed by atoms with Crippen LogP contribution in [0.3, 0.4) is 0 Å². The maximum absolute atomic E-state index is 5.86. The topological polar surface area (TPSA) is 67.8 Å². The van der Waals surface area contributed by atoms with Gasteiger partial charge in [-0.1, -0.05) is 13.8 Å². The lowest BCUT2D eigenvalue weighted by Crippen LogP contribution is -2.16. The number of nitrogens with one attached hydrogen (secondary N) is 1. The molecule has 0 fully saturated rings. The number of H-pyrrole nitrogens is 1. The Hall–Kier alpha value is -0.960. The number of nitrogens with two attached hydrogens (primary N) is 2. The van der Waals surface area contributed by atoms with E-state index in [-0.39, 0.29) is 6.04 Å². The average Bonchev–Trinajstić information content (AvgIpc) is 2.34. The van der Waals surface area contributed by atoms with Gasteiger partial charge in [-0.2, -0.15) is 0 Å². The van der Waals surface area contributed by atoms with Gasteiger partial charge < -0.3 is 16.5 Å². The van der Waals surface area contributed by atoms with E-state index in [0.29, 0.717) is 5.92 Å². The van der Waals surface area contributed by atoms with Crippen molar-refractivity contribution in [3.05, 3.63) is 18.0 Å². The lowest BCUT2D eigenvalue weighted by Gasteiger charge is -2.12. The highest BCUT2D eigenvalue weighted by molar-refractivity contribution is 5.38. The maximum atomic E-state index is 5.86. The first-order chi connectivity index (χ1) is 5.11. The summed E-state index contributed by atoms with van der Waals surface area (Å²) < 4.78 is 0. The monoisotopic (exact) mass is 153 g/mol. The first-order valence-electron chi connectivity index (χ1n) is 3.80. The van der Waals surface area contributed by atoms with Crippen molar-refractivity contribution in [1.82, 2.24) is 4.98 Å². The minimum atomic E-state index is 0.0623. The number of aromatic nitrogens is 1. The Balaban J connectivity index is 2.76. The Morgan fingerprint density at radius 3 is 2.45 bits per heavy atom. The first kappa shape index (κ1) is 8.14. The Morgan fingerprint density at radius 2 is 2.09 bits per heavy atom. The number of hydrogen-bond donors (Lipinski definition) is 3. The second-order valence-electron chi connectivity index (χ2n) is 3.16. The Kier molecular flexibility index (Phi) is 2.19. The van der Waals surface area contributed by atoms with Crippen LogP contribution in [0, 0.1) is 5.92 Å². The molecule has 0 aliphatic carbocycles. The van der Waals surface area contributed by atoms with Crippen molar-refractivity contribution < 1.29 is 0 Å². The fourth-order valence-corrected chi connectivity index (χ4v) is 0.981. The summed E-state index contributed by atoms with van der Waals surface area (Å²) in [6, 6.07) is 1.94. The van der Waals surface area contributed by atoms with E-state index in [1.807, 2.05) is 6.07 Å². The molecule has 0 radical (unpaired) electrons. The molecule has 1 aromatic rings. The molecule has 0 saturated heterocycles. The van der Waals surface area contributed by atoms with E-state index in [2.05, 4.69) is 18.8 Å². The summed E-state index contributed by atoms with van der Waals surface area (Å²) in [5.74, 6) is 0.438. The first-order valence-corrected chi connectivity index (χ1v) is 3.80. The van der Waals surface area contributed by atoms with Crippen molar-refractivity contribution in [2.24, 2.45) is 11.7 Å². The lowest BCUT2D eigenvalue weighted by molar-refractivity contribution is 0.505. The molecule has 0 spiro atoms. The van der Waals surface area contributed by atoms with Crippen LogP contribution in [-0.4, -0.2) is 4.98 Å². The Labute approximate surface area is 66.8 Å². The number of nitrogen functional groups attached to an aromatic ring is 1. The van der Waals surface area contributed by atoms with Gasteiger partial charge in [-0.25, -0.2) is 0 Å². The SMILES string of the molecule is CC(C)[C@H](N)c1cc(N)c[nH]1. The zero-order chi connectivity index (χ0) is 8.43. The molecule has 1 heterocycles. The average molecular weight is 153 g/mol. The van der Waals surface area contributed by atoms with Crippen LogP contribution in [0.15, 0.2) is 12.3 Å². The van der Waals surface area contributed by atoms with Gasteiger partial charge in [0.1, 0.15) is 0 Å².